The van der Waals surface area contributed by atoms with Gasteiger partial charge in [0, 0.05) is 24.1 Å². The molecule has 29 heavy (non-hydrogen) atoms. The predicted octanol–water partition coefficient (Wildman–Crippen LogP) is -0.0457. The summed E-state index contributed by atoms with van der Waals surface area (Å²) < 4.78 is 16.6. The first-order valence-electron chi connectivity index (χ1n) is 9.10. The molecule has 0 bridgehead atoms. The molecule has 2 aromatic carbocycles. The van der Waals surface area contributed by atoms with E-state index in [0.29, 0.717) is 11.1 Å². The van der Waals surface area contributed by atoms with Crippen LogP contribution in [0.4, 0.5) is 0 Å². The molecule has 5 atom stereocenters. The summed E-state index contributed by atoms with van der Waals surface area (Å²) >= 11 is 0. The topological polar surface area (TPSA) is 149 Å². The number of rotatable bonds is 4. The zero-order valence-electron chi connectivity index (χ0n) is 15.3. The molecule has 0 amide bonds. The van der Waals surface area contributed by atoms with Gasteiger partial charge in [-0.3, -0.25) is 0 Å². The molecule has 1 fully saturated rings. The Hall–Kier alpha value is -2.56. The van der Waals surface area contributed by atoms with Crippen LogP contribution in [0.2, 0.25) is 0 Å². The molecule has 0 aromatic heterocycles. The lowest BCUT2D eigenvalue weighted by Crippen LogP contribution is -2.48. The van der Waals surface area contributed by atoms with Gasteiger partial charge in [0.15, 0.2) is 0 Å². The average Bonchev–Trinajstić information content (AvgIpc) is 2.98. The second-order valence-electron chi connectivity index (χ2n) is 7.32. The predicted molar refractivity (Wildman–Crippen MR) is 97.7 cm³/mol. The van der Waals surface area contributed by atoms with Crippen molar-refractivity contribution in [2.45, 2.75) is 36.6 Å². The van der Waals surface area contributed by atoms with Crippen LogP contribution in [-0.2, 0) is 11.2 Å². The Balaban J connectivity index is 1.57. The van der Waals surface area contributed by atoms with Gasteiger partial charge in [0.2, 0.25) is 6.29 Å². The normalized spacial score (nSPS) is 31.2. The molecule has 9 heteroatoms. The molecule has 2 aliphatic heterocycles. The summed E-state index contributed by atoms with van der Waals surface area (Å²) in [6.45, 7) is -1.00. The van der Waals surface area contributed by atoms with Crippen molar-refractivity contribution in [3.8, 4) is 23.0 Å². The average molecular weight is 406 g/mol. The van der Waals surface area contributed by atoms with Crippen LogP contribution in [0.1, 0.15) is 17.2 Å². The third kappa shape index (κ3) is 3.59. The lowest BCUT2D eigenvalue weighted by Gasteiger charge is -2.32. The van der Waals surface area contributed by atoms with Gasteiger partial charge in [-0.05, 0) is 17.7 Å². The molecule has 2 heterocycles. The van der Waals surface area contributed by atoms with E-state index in [2.05, 4.69) is 0 Å². The summed E-state index contributed by atoms with van der Waals surface area (Å²) in [5, 5.41) is 59.6. The summed E-state index contributed by atoms with van der Waals surface area (Å²) in [5.74, 6) is 0.331. The van der Waals surface area contributed by atoms with Gasteiger partial charge < -0.3 is 44.8 Å². The minimum absolute atomic E-state index is 0.0886. The number of aromatic hydroxyl groups is 2. The minimum Gasteiger partial charge on any atom is -0.508 e. The maximum absolute atomic E-state index is 10.4. The van der Waals surface area contributed by atoms with E-state index in [9.17, 15) is 30.6 Å². The Kier molecular flexibility index (Phi) is 5.01. The van der Waals surface area contributed by atoms with Crippen molar-refractivity contribution in [2.24, 2.45) is 0 Å². The maximum atomic E-state index is 10.4. The highest BCUT2D eigenvalue weighted by Crippen LogP contribution is 2.43. The first-order chi connectivity index (χ1) is 13.8. The summed E-state index contributed by atoms with van der Waals surface area (Å²) in [7, 11) is 0. The molecule has 2 aliphatic rings. The molecule has 0 saturated carbocycles. The van der Waals surface area contributed by atoms with Gasteiger partial charge in [0.1, 0.15) is 40.8 Å². The van der Waals surface area contributed by atoms with Gasteiger partial charge in [0.25, 0.3) is 0 Å². The molecule has 0 spiro atoms. The second kappa shape index (κ2) is 7.36. The number of aliphatic hydroxyl groups is 4. The number of ether oxygens (including phenoxy) is 3. The van der Waals surface area contributed by atoms with Crippen LogP contribution in [0.3, 0.4) is 0 Å². The largest absolute Gasteiger partial charge is 0.508 e. The van der Waals surface area contributed by atoms with E-state index < -0.39 is 36.8 Å². The highest BCUT2D eigenvalue weighted by molar-refractivity contribution is 5.52. The van der Waals surface area contributed by atoms with Crippen LogP contribution in [-0.4, -0.2) is 68.0 Å². The van der Waals surface area contributed by atoms with E-state index in [1.165, 1.54) is 24.3 Å². The molecule has 1 saturated heterocycles. The minimum atomic E-state index is -1.83. The zero-order chi connectivity index (χ0) is 20.8. The van der Waals surface area contributed by atoms with Crippen LogP contribution >= 0.6 is 0 Å². The lowest BCUT2D eigenvalue weighted by atomic mass is 9.94. The molecule has 9 nitrogen and oxygen atoms in total. The van der Waals surface area contributed by atoms with Crippen molar-refractivity contribution in [1.82, 2.24) is 0 Å². The number of phenolic OH excluding ortho intramolecular Hbond substituents is 2. The van der Waals surface area contributed by atoms with E-state index >= 15 is 0 Å². The molecule has 156 valence electrons. The Morgan fingerprint density at radius 3 is 2.48 bits per heavy atom. The van der Waals surface area contributed by atoms with Crippen molar-refractivity contribution < 1.29 is 44.8 Å². The fraction of sp³-hybridized carbons (Fsp3) is 0.400. The fourth-order valence-corrected chi connectivity index (χ4v) is 3.50. The molecular weight excluding hydrogens is 384 g/mol. The van der Waals surface area contributed by atoms with Gasteiger partial charge in [0.05, 0.1) is 19.3 Å². The van der Waals surface area contributed by atoms with E-state index in [0.717, 1.165) is 0 Å². The molecule has 4 rings (SSSR count). The zero-order valence-corrected chi connectivity index (χ0v) is 15.3. The number of hydrogen-bond acceptors (Lipinski definition) is 9. The van der Waals surface area contributed by atoms with E-state index in [-0.39, 0.29) is 36.0 Å². The third-order valence-electron chi connectivity index (χ3n) is 5.23. The fourth-order valence-electron chi connectivity index (χ4n) is 3.50. The number of hydrogen-bond donors (Lipinski definition) is 6. The van der Waals surface area contributed by atoms with Crippen LogP contribution < -0.4 is 9.47 Å². The maximum Gasteiger partial charge on any atom is 0.229 e. The van der Waals surface area contributed by atoms with Crippen LogP contribution in [0.15, 0.2) is 36.4 Å². The van der Waals surface area contributed by atoms with Gasteiger partial charge in [-0.1, -0.05) is 12.1 Å². The van der Waals surface area contributed by atoms with Gasteiger partial charge >= 0.3 is 0 Å². The molecule has 6 N–H and O–H groups in total. The first kappa shape index (κ1) is 19.7. The van der Waals surface area contributed by atoms with E-state index in [1.807, 2.05) is 0 Å². The second-order valence-corrected chi connectivity index (χ2v) is 7.32. The Morgan fingerprint density at radius 1 is 1.10 bits per heavy atom. The first-order valence-corrected chi connectivity index (χ1v) is 9.10. The Bertz CT molecular complexity index is 884. The van der Waals surface area contributed by atoms with Crippen molar-refractivity contribution in [2.75, 3.05) is 13.2 Å². The summed E-state index contributed by atoms with van der Waals surface area (Å²) in [5.41, 5.74) is -0.778. The Labute approximate surface area is 166 Å². The molecule has 0 aliphatic carbocycles. The number of benzene rings is 2. The van der Waals surface area contributed by atoms with Crippen molar-refractivity contribution in [1.29, 1.82) is 0 Å². The smallest absolute Gasteiger partial charge is 0.229 e. The van der Waals surface area contributed by atoms with Gasteiger partial charge in [-0.2, -0.15) is 0 Å². The van der Waals surface area contributed by atoms with Crippen LogP contribution in [0, 0.1) is 0 Å². The molecule has 2 aromatic rings. The lowest BCUT2D eigenvalue weighted by molar-refractivity contribution is -0.115. The standard InChI is InChI=1S/C20H22O9/c21-8-20(26)9-27-19(18(20)25)28-12-5-14(23)13-7-15(24)17(29-16(13)6-12)10-1-3-11(22)4-2-10/h1-6,15,17-19,21-26H,7-9H2/t15-,17+,18-,19-,20+/m0/s1. The number of fused-ring (bicyclic) bond motifs is 1. The quantitative estimate of drug-likeness (QED) is 0.411. The number of aliphatic hydroxyl groups excluding tert-OH is 3. The van der Waals surface area contributed by atoms with E-state index in [1.54, 1.807) is 12.1 Å². The highest BCUT2D eigenvalue weighted by atomic mass is 16.7. The number of phenols is 2. The summed E-state index contributed by atoms with van der Waals surface area (Å²) in [4.78, 5) is 0. The van der Waals surface area contributed by atoms with Crippen molar-refractivity contribution >= 4 is 0 Å². The van der Waals surface area contributed by atoms with Crippen molar-refractivity contribution in [3.05, 3.63) is 47.5 Å². The summed E-state index contributed by atoms with van der Waals surface area (Å²) in [6.07, 6.45) is -4.22. The SMILES string of the molecule is OC[C@@]1(O)CO[C@@H](Oc2cc(O)c3c(c2)O[C@H](c2ccc(O)cc2)[C@@H](O)C3)[C@@H]1O. The molecule has 0 unspecified atom stereocenters. The highest BCUT2D eigenvalue weighted by Gasteiger charge is 2.49. The van der Waals surface area contributed by atoms with Crippen LogP contribution in [0.5, 0.6) is 23.0 Å². The third-order valence-corrected chi connectivity index (χ3v) is 5.23. The van der Waals surface area contributed by atoms with Crippen molar-refractivity contribution in [3.63, 3.8) is 0 Å². The molecule has 0 radical (unpaired) electrons. The van der Waals surface area contributed by atoms with Gasteiger partial charge in [-0.25, -0.2) is 0 Å². The van der Waals surface area contributed by atoms with Gasteiger partial charge in [-0.15, -0.1) is 0 Å². The van der Waals surface area contributed by atoms with E-state index in [4.69, 9.17) is 14.2 Å². The summed E-state index contributed by atoms with van der Waals surface area (Å²) in [6, 6.07) is 9.01. The monoisotopic (exact) mass is 406 g/mol. The molecular formula is C20H22O9. The van der Waals surface area contributed by atoms with Crippen LogP contribution in [0.25, 0.3) is 0 Å². The Morgan fingerprint density at radius 2 is 1.83 bits per heavy atom.